The zero-order valence-electron chi connectivity index (χ0n) is 15.9. The van der Waals surface area contributed by atoms with E-state index in [1.54, 1.807) is 24.8 Å². The monoisotopic (exact) mass is 354 g/mol. The van der Waals surface area contributed by atoms with Gasteiger partial charge in [0, 0.05) is 30.9 Å². The van der Waals surface area contributed by atoms with Crippen LogP contribution in [-0.2, 0) is 20.0 Å². The maximum absolute atomic E-state index is 13.2. The molecule has 1 aliphatic rings. The molecular weight excluding hydrogens is 328 g/mol. The topological polar surface area (TPSA) is 51.5 Å². The van der Waals surface area contributed by atoms with Crippen molar-refractivity contribution in [2.45, 2.75) is 45.7 Å². The maximum atomic E-state index is 13.2. The van der Waals surface area contributed by atoms with Crippen LogP contribution < -0.4 is 10.3 Å². The Morgan fingerprint density at radius 2 is 2.00 bits per heavy atom. The van der Waals surface area contributed by atoms with E-state index in [4.69, 9.17) is 4.74 Å². The fourth-order valence-corrected chi connectivity index (χ4v) is 3.52. The molecule has 26 heavy (non-hydrogen) atoms. The van der Waals surface area contributed by atoms with Gasteiger partial charge in [0.15, 0.2) is 0 Å². The minimum Gasteiger partial charge on any atom is -0.496 e. The van der Waals surface area contributed by atoms with Gasteiger partial charge >= 0.3 is 0 Å². The molecule has 1 aromatic heterocycles. The lowest BCUT2D eigenvalue weighted by molar-refractivity contribution is 0.0726. The number of hydrogen-bond acceptors (Lipinski definition) is 3. The number of carbonyl (C=O) groups is 1. The summed E-state index contributed by atoms with van der Waals surface area (Å²) in [5.74, 6) is 0.570. The molecule has 5 heteroatoms. The van der Waals surface area contributed by atoms with Crippen molar-refractivity contribution in [2.24, 2.45) is 7.05 Å². The summed E-state index contributed by atoms with van der Waals surface area (Å²) in [5.41, 5.74) is 2.93. The standard InChI is InChI=1S/C21H26N2O3/c1-5-18-14(2)12-17(20(24)22(18)3)21(25)23(16-10-11-16)13-15-8-6-7-9-19(15)26-4/h6-9,12,16H,5,10-11,13H2,1-4H3. The van der Waals surface area contributed by atoms with E-state index in [1.807, 2.05) is 43.0 Å². The first-order chi connectivity index (χ1) is 12.5. The summed E-state index contributed by atoms with van der Waals surface area (Å²) in [7, 11) is 3.37. The SMILES string of the molecule is CCc1c(C)cc(C(=O)N(Cc2ccccc2OC)C2CC2)c(=O)n1C. The van der Waals surface area contributed by atoms with Gasteiger partial charge in [-0.2, -0.15) is 0 Å². The highest BCUT2D eigenvalue weighted by molar-refractivity contribution is 5.94. The third-order valence-corrected chi connectivity index (χ3v) is 5.10. The molecule has 1 amide bonds. The third-order valence-electron chi connectivity index (χ3n) is 5.10. The Morgan fingerprint density at radius 1 is 1.31 bits per heavy atom. The van der Waals surface area contributed by atoms with Crippen LogP contribution in [0.4, 0.5) is 0 Å². The van der Waals surface area contributed by atoms with E-state index in [2.05, 4.69) is 0 Å². The van der Waals surface area contributed by atoms with Crippen molar-refractivity contribution in [2.75, 3.05) is 7.11 Å². The summed E-state index contributed by atoms with van der Waals surface area (Å²) < 4.78 is 7.03. The molecule has 0 atom stereocenters. The predicted molar refractivity (Wildman–Crippen MR) is 102 cm³/mol. The number of nitrogens with zero attached hydrogens (tertiary/aromatic N) is 2. The molecular formula is C21H26N2O3. The van der Waals surface area contributed by atoms with Crippen LogP contribution in [0.2, 0.25) is 0 Å². The number of hydrogen-bond donors (Lipinski definition) is 0. The zero-order chi connectivity index (χ0) is 18.8. The number of aromatic nitrogens is 1. The number of carbonyl (C=O) groups excluding carboxylic acids is 1. The van der Waals surface area contributed by atoms with E-state index in [-0.39, 0.29) is 23.1 Å². The number of amides is 1. The lowest BCUT2D eigenvalue weighted by Gasteiger charge is -2.24. The fraction of sp³-hybridized carbons (Fsp3) is 0.429. The Morgan fingerprint density at radius 3 is 2.62 bits per heavy atom. The van der Waals surface area contributed by atoms with Crippen LogP contribution >= 0.6 is 0 Å². The molecule has 1 fully saturated rings. The van der Waals surface area contributed by atoms with Crippen LogP contribution in [0.1, 0.15) is 46.9 Å². The van der Waals surface area contributed by atoms with E-state index >= 15 is 0 Å². The minimum atomic E-state index is -0.219. The smallest absolute Gasteiger partial charge is 0.263 e. The normalized spacial score (nSPS) is 13.5. The first kappa shape index (κ1) is 18.2. The predicted octanol–water partition coefficient (Wildman–Crippen LogP) is 3.07. The molecule has 1 aromatic carbocycles. The minimum absolute atomic E-state index is 0.190. The molecule has 0 saturated heterocycles. The van der Waals surface area contributed by atoms with Crippen molar-refractivity contribution in [3.63, 3.8) is 0 Å². The third kappa shape index (κ3) is 3.39. The van der Waals surface area contributed by atoms with Gasteiger partial charge in [0.2, 0.25) is 0 Å². The van der Waals surface area contributed by atoms with E-state index in [0.717, 1.165) is 41.8 Å². The molecule has 5 nitrogen and oxygen atoms in total. The number of pyridine rings is 1. The lowest BCUT2D eigenvalue weighted by Crippen LogP contribution is -2.38. The Kier molecular flexibility index (Phi) is 5.16. The molecule has 3 rings (SSSR count). The van der Waals surface area contributed by atoms with Gasteiger partial charge in [-0.3, -0.25) is 9.59 Å². The van der Waals surface area contributed by atoms with Crippen LogP contribution in [0.5, 0.6) is 5.75 Å². The van der Waals surface area contributed by atoms with Crippen LogP contribution in [0.25, 0.3) is 0 Å². The maximum Gasteiger partial charge on any atom is 0.263 e. The second kappa shape index (κ2) is 7.36. The highest BCUT2D eigenvalue weighted by Gasteiger charge is 2.34. The summed E-state index contributed by atoms with van der Waals surface area (Å²) in [6.07, 6.45) is 2.72. The van der Waals surface area contributed by atoms with Gasteiger partial charge in [-0.05, 0) is 43.9 Å². The molecule has 138 valence electrons. The molecule has 1 aliphatic carbocycles. The number of ether oxygens (including phenoxy) is 1. The first-order valence-electron chi connectivity index (χ1n) is 9.10. The molecule has 1 saturated carbocycles. The van der Waals surface area contributed by atoms with Gasteiger partial charge < -0.3 is 14.2 Å². The van der Waals surface area contributed by atoms with Crippen molar-refractivity contribution in [3.05, 3.63) is 63.1 Å². The highest BCUT2D eigenvalue weighted by atomic mass is 16.5. The Bertz CT molecular complexity index is 881. The lowest BCUT2D eigenvalue weighted by atomic mass is 10.1. The van der Waals surface area contributed by atoms with Gasteiger partial charge in [-0.25, -0.2) is 0 Å². The summed E-state index contributed by atoms with van der Waals surface area (Å²) >= 11 is 0. The molecule has 1 heterocycles. The highest BCUT2D eigenvalue weighted by Crippen LogP contribution is 2.31. The second-order valence-electron chi connectivity index (χ2n) is 6.88. The quantitative estimate of drug-likeness (QED) is 0.801. The van der Waals surface area contributed by atoms with Crippen molar-refractivity contribution in [1.82, 2.24) is 9.47 Å². The largest absolute Gasteiger partial charge is 0.496 e. The van der Waals surface area contributed by atoms with Crippen LogP contribution in [-0.4, -0.2) is 28.5 Å². The van der Waals surface area contributed by atoms with Gasteiger partial charge in [0.25, 0.3) is 11.5 Å². The van der Waals surface area contributed by atoms with E-state index in [1.165, 1.54) is 0 Å². The number of benzene rings is 1. The number of rotatable bonds is 6. The number of methoxy groups -OCH3 is 1. The average molecular weight is 354 g/mol. The van der Waals surface area contributed by atoms with Crippen LogP contribution in [0.3, 0.4) is 0 Å². The molecule has 0 bridgehead atoms. The second-order valence-corrected chi connectivity index (χ2v) is 6.88. The summed E-state index contributed by atoms with van der Waals surface area (Å²) in [6.45, 7) is 4.42. The van der Waals surface area contributed by atoms with Crippen molar-refractivity contribution < 1.29 is 9.53 Å². The first-order valence-corrected chi connectivity index (χ1v) is 9.10. The summed E-state index contributed by atoms with van der Waals surface area (Å²) in [6, 6.07) is 9.65. The summed E-state index contributed by atoms with van der Waals surface area (Å²) in [4.78, 5) is 27.8. The van der Waals surface area contributed by atoms with Gasteiger partial charge in [0.05, 0.1) is 7.11 Å². The Labute approximate surface area is 154 Å². The average Bonchev–Trinajstić information content (AvgIpc) is 3.48. The van der Waals surface area contributed by atoms with E-state index in [9.17, 15) is 9.59 Å². The molecule has 0 radical (unpaired) electrons. The van der Waals surface area contributed by atoms with Crippen LogP contribution in [0.15, 0.2) is 35.1 Å². The zero-order valence-corrected chi connectivity index (χ0v) is 15.9. The molecule has 0 unspecified atom stereocenters. The summed E-state index contributed by atoms with van der Waals surface area (Å²) in [5, 5.41) is 0. The number of para-hydroxylation sites is 1. The Hall–Kier alpha value is -2.56. The van der Waals surface area contributed by atoms with Crippen LogP contribution in [0, 0.1) is 6.92 Å². The Balaban J connectivity index is 1.97. The number of aryl methyl sites for hydroxylation is 1. The molecule has 0 spiro atoms. The van der Waals surface area contributed by atoms with Crippen molar-refractivity contribution in [1.29, 1.82) is 0 Å². The van der Waals surface area contributed by atoms with Gasteiger partial charge in [-0.1, -0.05) is 25.1 Å². The van der Waals surface area contributed by atoms with Crippen molar-refractivity contribution >= 4 is 5.91 Å². The van der Waals surface area contributed by atoms with Gasteiger partial charge in [-0.15, -0.1) is 0 Å². The van der Waals surface area contributed by atoms with Crippen molar-refractivity contribution in [3.8, 4) is 5.75 Å². The van der Waals surface area contributed by atoms with Gasteiger partial charge in [0.1, 0.15) is 11.3 Å². The fourth-order valence-electron chi connectivity index (χ4n) is 3.52. The molecule has 2 aromatic rings. The van der Waals surface area contributed by atoms with E-state index < -0.39 is 0 Å². The molecule has 0 aliphatic heterocycles. The molecule has 0 N–H and O–H groups in total. The van der Waals surface area contributed by atoms with E-state index in [0.29, 0.717) is 6.54 Å².